The van der Waals surface area contributed by atoms with Crippen LogP contribution in [0.15, 0.2) is 12.1 Å². The third-order valence-corrected chi connectivity index (χ3v) is 5.32. The van der Waals surface area contributed by atoms with Crippen molar-refractivity contribution in [2.45, 2.75) is 31.2 Å². The standard InChI is InChI=1S/C18H21F7N2O/c19-14-10-12(17(20,21)22)9-13(18(23,24)25)15(14)16(11-1-7-28-8-2-11)27-5-3-26-4-6-27/h9-11,16,26H,1-8H2/t16-/m0/s1. The fraction of sp³-hybridized carbons (Fsp3) is 0.667. The van der Waals surface area contributed by atoms with Crippen molar-refractivity contribution in [2.24, 2.45) is 5.92 Å². The monoisotopic (exact) mass is 414 g/mol. The number of halogens is 7. The van der Waals surface area contributed by atoms with Gasteiger partial charge in [0.15, 0.2) is 0 Å². The van der Waals surface area contributed by atoms with Crippen LogP contribution in [0.5, 0.6) is 0 Å². The second-order valence-corrected chi connectivity index (χ2v) is 7.10. The molecule has 1 aromatic rings. The zero-order valence-electron chi connectivity index (χ0n) is 15.0. The van der Waals surface area contributed by atoms with Gasteiger partial charge in [-0.15, -0.1) is 0 Å². The fourth-order valence-electron chi connectivity index (χ4n) is 4.02. The smallest absolute Gasteiger partial charge is 0.381 e. The van der Waals surface area contributed by atoms with E-state index in [1.54, 1.807) is 4.90 Å². The number of ether oxygens (including phenoxy) is 1. The molecule has 0 unspecified atom stereocenters. The number of nitrogens with zero attached hydrogens (tertiary/aromatic N) is 1. The molecule has 158 valence electrons. The van der Waals surface area contributed by atoms with Crippen LogP contribution in [-0.2, 0) is 17.1 Å². The van der Waals surface area contributed by atoms with E-state index in [1.165, 1.54) is 0 Å². The van der Waals surface area contributed by atoms with Crippen LogP contribution in [-0.4, -0.2) is 44.3 Å². The minimum Gasteiger partial charge on any atom is -0.381 e. The predicted molar refractivity (Wildman–Crippen MR) is 87.1 cm³/mol. The molecule has 2 aliphatic heterocycles. The molecule has 0 aromatic heterocycles. The summed E-state index contributed by atoms with van der Waals surface area (Å²) in [6, 6.07) is -0.739. The van der Waals surface area contributed by atoms with E-state index in [0.717, 1.165) is 0 Å². The number of hydrogen-bond acceptors (Lipinski definition) is 3. The first-order valence-corrected chi connectivity index (χ1v) is 9.09. The Bertz CT molecular complexity index is 660. The summed E-state index contributed by atoms with van der Waals surface area (Å²) in [7, 11) is 0. The molecule has 3 nitrogen and oxygen atoms in total. The number of benzene rings is 1. The molecule has 28 heavy (non-hydrogen) atoms. The van der Waals surface area contributed by atoms with Gasteiger partial charge in [0, 0.05) is 51.0 Å². The van der Waals surface area contributed by atoms with Crippen molar-refractivity contribution in [1.29, 1.82) is 0 Å². The zero-order chi connectivity index (χ0) is 20.5. The Balaban J connectivity index is 2.14. The van der Waals surface area contributed by atoms with Crippen LogP contribution in [0.2, 0.25) is 0 Å². The first-order chi connectivity index (χ1) is 13.1. The topological polar surface area (TPSA) is 24.5 Å². The van der Waals surface area contributed by atoms with Crippen molar-refractivity contribution in [1.82, 2.24) is 10.2 Å². The Kier molecular flexibility index (Phi) is 6.21. The average molecular weight is 414 g/mol. The molecule has 0 bridgehead atoms. The van der Waals surface area contributed by atoms with Gasteiger partial charge < -0.3 is 10.1 Å². The third kappa shape index (κ3) is 4.60. The SMILES string of the molecule is Fc1cc(C(F)(F)F)cc(C(F)(F)F)c1[C@H](C1CCOCC1)N1CCNCC1. The molecule has 0 radical (unpaired) electrons. The van der Waals surface area contributed by atoms with Gasteiger partial charge in [-0.3, -0.25) is 4.90 Å². The summed E-state index contributed by atoms with van der Waals surface area (Å²) < 4.78 is 100. The highest BCUT2D eigenvalue weighted by molar-refractivity contribution is 5.39. The number of rotatable bonds is 3. The largest absolute Gasteiger partial charge is 0.416 e. The first-order valence-electron chi connectivity index (χ1n) is 9.09. The Hall–Kier alpha value is -1.39. The van der Waals surface area contributed by atoms with E-state index in [4.69, 9.17) is 4.74 Å². The lowest BCUT2D eigenvalue weighted by Crippen LogP contribution is -2.48. The van der Waals surface area contributed by atoms with E-state index >= 15 is 0 Å². The number of nitrogens with one attached hydrogen (secondary N) is 1. The summed E-state index contributed by atoms with van der Waals surface area (Å²) in [5.41, 5.74) is -3.86. The van der Waals surface area contributed by atoms with E-state index in [9.17, 15) is 30.7 Å². The summed E-state index contributed by atoms with van der Waals surface area (Å²) in [6.45, 7) is 2.47. The highest BCUT2D eigenvalue weighted by Crippen LogP contribution is 2.45. The number of alkyl halides is 6. The van der Waals surface area contributed by atoms with Crippen molar-refractivity contribution in [3.05, 3.63) is 34.6 Å². The van der Waals surface area contributed by atoms with E-state index in [1.807, 2.05) is 0 Å². The van der Waals surface area contributed by atoms with E-state index in [0.29, 0.717) is 52.2 Å². The molecular weight excluding hydrogens is 393 g/mol. The van der Waals surface area contributed by atoms with Gasteiger partial charge in [0.25, 0.3) is 0 Å². The predicted octanol–water partition coefficient (Wildman–Crippen LogP) is 4.24. The maximum atomic E-state index is 14.9. The molecule has 0 spiro atoms. The maximum Gasteiger partial charge on any atom is 0.416 e. The molecule has 0 saturated carbocycles. The Morgan fingerprint density at radius 3 is 2.11 bits per heavy atom. The van der Waals surface area contributed by atoms with Crippen molar-refractivity contribution >= 4 is 0 Å². The van der Waals surface area contributed by atoms with Crippen molar-refractivity contribution in [3.63, 3.8) is 0 Å². The second kappa shape index (κ2) is 8.16. The quantitative estimate of drug-likeness (QED) is 0.749. The molecule has 2 aliphatic rings. The first kappa shape index (κ1) is 21.3. The van der Waals surface area contributed by atoms with Crippen LogP contribution < -0.4 is 5.32 Å². The molecule has 2 fully saturated rings. The lowest BCUT2D eigenvalue weighted by atomic mass is 9.82. The van der Waals surface area contributed by atoms with E-state index in [2.05, 4.69) is 5.32 Å². The third-order valence-electron chi connectivity index (χ3n) is 5.32. The fourth-order valence-corrected chi connectivity index (χ4v) is 4.02. The molecule has 3 rings (SSSR count). The molecule has 1 aromatic carbocycles. The summed E-state index contributed by atoms with van der Waals surface area (Å²) in [5.74, 6) is -1.80. The lowest BCUT2D eigenvalue weighted by molar-refractivity contribution is -0.144. The highest BCUT2D eigenvalue weighted by atomic mass is 19.4. The van der Waals surface area contributed by atoms with Crippen molar-refractivity contribution < 1.29 is 35.5 Å². The van der Waals surface area contributed by atoms with Gasteiger partial charge in [-0.05, 0) is 30.9 Å². The van der Waals surface area contributed by atoms with Gasteiger partial charge in [0.05, 0.1) is 11.1 Å². The highest BCUT2D eigenvalue weighted by Gasteiger charge is 2.44. The Labute approximate surface area is 157 Å². The van der Waals surface area contributed by atoms with Crippen LogP contribution in [0, 0.1) is 11.7 Å². The van der Waals surface area contributed by atoms with Gasteiger partial charge in [0.1, 0.15) is 5.82 Å². The van der Waals surface area contributed by atoms with E-state index < -0.39 is 40.9 Å². The Morgan fingerprint density at radius 1 is 0.964 bits per heavy atom. The second-order valence-electron chi connectivity index (χ2n) is 7.10. The Morgan fingerprint density at radius 2 is 1.57 bits per heavy atom. The minimum atomic E-state index is -5.10. The molecule has 10 heteroatoms. The maximum absolute atomic E-state index is 14.9. The molecule has 2 saturated heterocycles. The minimum absolute atomic E-state index is 0.0347. The van der Waals surface area contributed by atoms with Gasteiger partial charge in [-0.25, -0.2) is 4.39 Å². The molecule has 1 atom stereocenters. The lowest BCUT2D eigenvalue weighted by Gasteiger charge is -2.42. The van der Waals surface area contributed by atoms with Crippen molar-refractivity contribution in [2.75, 3.05) is 39.4 Å². The van der Waals surface area contributed by atoms with Crippen LogP contribution in [0.3, 0.4) is 0 Å². The summed E-state index contributed by atoms with van der Waals surface area (Å²) in [6.07, 6.45) is -9.32. The van der Waals surface area contributed by atoms with Crippen LogP contribution in [0.1, 0.15) is 35.6 Å². The van der Waals surface area contributed by atoms with E-state index in [-0.39, 0.29) is 18.1 Å². The normalized spacial score (nSPS) is 21.7. The molecule has 0 amide bonds. The van der Waals surface area contributed by atoms with Gasteiger partial charge in [0.2, 0.25) is 0 Å². The summed E-state index contributed by atoms with van der Waals surface area (Å²) >= 11 is 0. The van der Waals surface area contributed by atoms with Crippen LogP contribution >= 0.6 is 0 Å². The summed E-state index contributed by atoms with van der Waals surface area (Å²) in [5, 5.41) is 3.08. The molecular formula is C18H21F7N2O. The zero-order valence-corrected chi connectivity index (χ0v) is 15.0. The number of hydrogen-bond donors (Lipinski definition) is 1. The summed E-state index contributed by atoms with van der Waals surface area (Å²) in [4.78, 5) is 1.74. The average Bonchev–Trinajstić information content (AvgIpc) is 2.63. The van der Waals surface area contributed by atoms with Gasteiger partial charge in [-0.1, -0.05) is 0 Å². The van der Waals surface area contributed by atoms with Crippen LogP contribution in [0.25, 0.3) is 0 Å². The van der Waals surface area contributed by atoms with Crippen molar-refractivity contribution in [3.8, 4) is 0 Å². The van der Waals surface area contributed by atoms with Gasteiger partial charge in [-0.2, -0.15) is 26.3 Å². The number of piperazine rings is 1. The molecule has 0 aliphatic carbocycles. The van der Waals surface area contributed by atoms with Gasteiger partial charge >= 0.3 is 12.4 Å². The molecule has 2 heterocycles. The molecule has 1 N–H and O–H groups in total. The van der Waals surface area contributed by atoms with Crippen LogP contribution in [0.4, 0.5) is 30.7 Å².